The fourth-order valence-electron chi connectivity index (χ4n) is 4.50. The first-order valence-electron chi connectivity index (χ1n) is 12.7. The van der Waals surface area contributed by atoms with E-state index in [-0.39, 0.29) is 22.6 Å². The van der Waals surface area contributed by atoms with Gasteiger partial charge in [0.2, 0.25) is 10.0 Å². The molecular weight excluding hydrogens is 508 g/mol. The second-order valence-corrected chi connectivity index (χ2v) is 13.2. The van der Waals surface area contributed by atoms with Gasteiger partial charge in [0.05, 0.1) is 16.7 Å². The smallest absolute Gasteiger partial charge is 0.253 e. The highest BCUT2D eigenvalue weighted by Gasteiger charge is 2.28. The Hall–Kier alpha value is -2.69. The number of anilines is 1. The van der Waals surface area contributed by atoms with Gasteiger partial charge in [0.25, 0.3) is 5.91 Å². The van der Waals surface area contributed by atoms with Gasteiger partial charge in [-0.3, -0.25) is 4.79 Å². The van der Waals surface area contributed by atoms with Gasteiger partial charge in [0.1, 0.15) is 11.3 Å². The minimum Gasteiger partial charge on any atom is -0.494 e. The Morgan fingerprint density at radius 3 is 2.19 bits per heavy atom. The molecule has 1 aliphatic heterocycles. The van der Waals surface area contributed by atoms with Crippen LogP contribution in [0, 0.1) is 11.8 Å². The Kier molecular flexibility index (Phi) is 8.40. The van der Waals surface area contributed by atoms with Crippen LogP contribution in [0.4, 0.5) is 5.13 Å². The van der Waals surface area contributed by atoms with Crippen molar-refractivity contribution < 1.29 is 17.9 Å². The van der Waals surface area contributed by atoms with Crippen molar-refractivity contribution in [3.8, 4) is 5.75 Å². The number of rotatable bonds is 9. The van der Waals surface area contributed by atoms with E-state index in [2.05, 4.69) is 4.90 Å². The second kappa shape index (κ2) is 11.4. The number of amides is 1. The number of thiazole rings is 1. The predicted octanol–water partition coefficient (Wildman–Crippen LogP) is 4.57. The van der Waals surface area contributed by atoms with Crippen LogP contribution in [-0.4, -0.2) is 74.9 Å². The van der Waals surface area contributed by atoms with Gasteiger partial charge in [-0.2, -0.15) is 4.31 Å². The number of carbonyl (C=O) groups excluding carboxylic acids is 1. The molecule has 0 unspecified atom stereocenters. The number of piperazine rings is 1. The summed E-state index contributed by atoms with van der Waals surface area (Å²) < 4.78 is 34.6. The molecule has 4 rings (SSSR count). The van der Waals surface area contributed by atoms with Crippen LogP contribution in [0.5, 0.6) is 5.75 Å². The van der Waals surface area contributed by atoms with E-state index in [0.717, 1.165) is 21.1 Å². The number of fused-ring (bicyclic) bond motifs is 1. The van der Waals surface area contributed by atoms with Gasteiger partial charge >= 0.3 is 0 Å². The number of hydrogen-bond acceptors (Lipinski definition) is 7. The van der Waals surface area contributed by atoms with E-state index in [1.165, 1.54) is 0 Å². The summed E-state index contributed by atoms with van der Waals surface area (Å²) in [4.78, 5) is 22.2. The van der Waals surface area contributed by atoms with Crippen molar-refractivity contribution >= 4 is 42.6 Å². The second-order valence-electron chi connectivity index (χ2n) is 10.2. The zero-order valence-electron chi connectivity index (χ0n) is 22.2. The zero-order valence-corrected chi connectivity index (χ0v) is 23.8. The maximum Gasteiger partial charge on any atom is 0.253 e. The molecule has 1 amide bonds. The SMILES string of the molecule is COc1cccc2sc(N3CCN(C(=O)c4ccc(S(=O)(=O)N(CC(C)C)CC(C)C)cc4)CC3)nc12. The van der Waals surface area contributed by atoms with Crippen LogP contribution < -0.4 is 9.64 Å². The van der Waals surface area contributed by atoms with Crippen molar-refractivity contribution in [1.82, 2.24) is 14.2 Å². The molecule has 8 nitrogen and oxygen atoms in total. The fraction of sp³-hybridized carbons (Fsp3) is 0.481. The number of hydrogen-bond donors (Lipinski definition) is 0. The third-order valence-electron chi connectivity index (χ3n) is 6.30. The Morgan fingerprint density at radius 2 is 1.62 bits per heavy atom. The highest BCUT2D eigenvalue weighted by Crippen LogP contribution is 2.34. The van der Waals surface area contributed by atoms with E-state index >= 15 is 0 Å². The Morgan fingerprint density at radius 1 is 1.00 bits per heavy atom. The monoisotopic (exact) mass is 544 g/mol. The minimum atomic E-state index is -3.63. The van der Waals surface area contributed by atoms with Gasteiger partial charge in [0.15, 0.2) is 5.13 Å². The molecule has 1 aliphatic rings. The molecule has 0 atom stereocenters. The van der Waals surface area contributed by atoms with Crippen LogP contribution in [-0.2, 0) is 10.0 Å². The molecule has 2 aromatic carbocycles. The van der Waals surface area contributed by atoms with Crippen molar-refractivity contribution in [3.63, 3.8) is 0 Å². The first kappa shape index (κ1) is 27.3. The Bertz CT molecular complexity index is 1320. The van der Waals surface area contributed by atoms with Crippen LogP contribution in [0.2, 0.25) is 0 Å². The lowest BCUT2D eigenvalue weighted by atomic mass is 10.2. The summed E-state index contributed by atoms with van der Waals surface area (Å²) in [6, 6.07) is 12.3. The number of methoxy groups -OCH3 is 1. The highest BCUT2D eigenvalue weighted by atomic mass is 32.2. The lowest BCUT2D eigenvalue weighted by Crippen LogP contribution is -2.48. The minimum absolute atomic E-state index is 0.0872. The van der Waals surface area contributed by atoms with E-state index in [1.54, 1.807) is 47.0 Å². The van der Waals surface area contributed by atoms with Gasteiger partial charge in [-0.25, -0.2) is 13.4 Å². The van der Waals surface area contributed by atoms with Crippen LogP contribution >= 0.6 is 11.3 Å². The number of carbonyl (C=O) groups is 1. The third-order valence-corrected chi connectivity index (χ3v) is 9.23. The lowest BCUT2D eigenvalue weighted by molar-refractivity contribution is 0.0746. The topological polar surface area (TPSA) is 83.0 Å². The molecule has 1 saturated heterocycles. The standard InChI is InChI=1S/C27H36N4O4S2/c1-19(2)17-31(18-20(3)4)37(33,34)22-11-9-21(10-12-22)26(32)29-13-15-30(16-14-29)27-28-25-23(35-5)7-6-8-24(25)36-27/h6-12,19-20H,13-18H2,1-5H3. The quantitative estimate of drug-likeness (QED) is 0.393. The summed E-state index contributed by atoms with van der Waals surface area (Å²) in [6.45, 7) is 11.5. The maximum absolute atomic E-state index is 13.3. The van der Waals surface area contributed by atoms with Gasteiger partial charge in [-0.1, -0.05) is 45.1 Å². The zero-order chi connectivity index (χ0) is 26.7. The van der Waals surface area contributed by atoms with Crippen LogP contribution in [0.25, 0.3) is 10.2 Å². The van der Waals surface area contributed by atoms with Gasteiger partial charge in [0, 0.05) is 44.8 Å². The van der Waals surface area contributed by atoms with Crippen molar-refractivity contribution in [1.29, 1.82) is 0 Å². The summed E-state index contributed by atoms with van der Waals surface area (Å²) in [5.74, 6) is 1.11. The molecule has 0 N–H and O–H groups in total. The number of ether oxygens (including phenoxy) is 1. The normalized spacial score (nSPS) is 14.8. The van der Waals surface area contributed by atoms with E-state index in [9.17, 15) is 13.2 Å². The summed E-state index contributed by atoms with van der Waals surface area (Å²) >= 11 is 1.62. The molecule has 2 heterocycles. The van der Waals surface area contributed by atoms with Crippen LogP contribution in [0.3, 0.4) is 0 Å². The first-order chi connectivity index (χ1) is 17.6. The number of benzene rings is 2. The molecule has 1 aromatic heterocycles. The van der Waals surface area contributed by atoms with Gasteiger partial charge in [-0.05, 0) is 48.2 Å². The highest BCUT2D eigenvalue weighted by molar-refractivity contribution is 7.89. The molecule has 1 fully saturated rings. The first-order valence-corrected chi connectivity index (χ1v) is 14.9. The van der Waals surface area contributed by atoms with Crippen molar-refractivity contribution in [3.05, 3.63) is 48.0 Å². The molecule has 0 aliphatic carbocycles. The summed E-state index contributed by atoms with van der Waals surface area (Å²) in [7, 11) is -1.98. The molecule has 3 aromatic rings. The number of nitrogens with zero attached hydrogens (tertiary/aromatic N) is 4. The summed E-state index contributed by atoms with van der Waals surface area (Å²) in [6.07, 6.45) is 0. The molecule has 0 radical (unpaired) electrons. The molecule has 200 valence electrons. The molecule has 0 bridgehead atoms. The number of sulfonamides is 1. The van der Waals surface area contributed by atoms with Crippen molar-refractivity contribution in [2.75, 3.05) is 51.3 Å². The Balaban J connectivity index is 1.42. The lowest BCUT2D eigenvalue weighted by Gasteiger charge is -2.34. The summed E-state index contributed by atoms with van der Waals surface area (Å²) in [5, 5.41) is 0.925. The maximum atomic E-state index is 13.3. The van der Waals surface area contributed by atoms with E-state index < -0.39 is 10.0 Å². The fourth-order valence-corrected chi connectivity index (χ4v) is 7.30. The van der Waals surface area contributed by atoms with Crippen molar-refractivity contribution in [2.45, 2.75) is 32.6 Å². The average molecular weight is 545 g/mol. The van der Waals surface area contributed by atoms with Gasteiger partial charge < -0.3 is 14.5 Å². The predicted molar refractivity (Wildman–Crippen MR) is 149 cm³/mol. The van der Waals surface area contributed by atoms with Gasteiger partial charge in [-0.15, -0.1) is 0 Å². The van der Waals surface area contributed by atoms with Crippen LogP contribution in [0.1, 0.15) is 38.1 Å². The van der Waals surface area contributed by atoms with E-state index in [1.807, 2.05) is 50.8 Å². The molecule has 0 spiro atoms. The molecular formula is C27H36N4O4S2. The number of para-hydroxylation sites is 1. The third kappa shape index (κ3) is 6.08. The number of aromatic nitrogens is 1. The summed E-state index contributed by atoms with van der Waals surface area (Å²) in [5.41, 5.74) is 1.36. The average Bonchev–Trinajstić information content (AvgIpc) is 3.32. The van der Waals surface area contributed by atoms with E-state index in [4.69, 9.17) is 9.72 Å². The Labute approximate surface area is 223 Å². The largest absolute Gasteiger partial charge is 0.494 e. The van der Waals surface area contributed by atoms with E-state index in [0.29, 0.717) is 44.8 Å². The van der Waals surface area contributed by atoms with Crippen LogP contribution in [0.15, 0.2) is 47.4 Å². The molecule has 10 heteroatoms. The van der Waals surface area contributed by atoms with Crippen molar-refractivity contribution in [2.24, 2.45) is 11.8 Å². The molecule has 37 heavy (non-hydrogen) atoms. The molecule has 0 saturated carbocycles.